The molecule has 0 fully saturated rings. The summed E-state index contributed by atoms with van der Waals surface area (Å²) < 4.78 is 6.52. The second-order valence-corrected chi connectivity index (χ2v) is 6.46. The number of thiazole rings is 1. The van der Waals surface area contributed by atoms with Crippen LogP contribution in [-0.4, -0.2) is 37.1 Å². The fourth-order valence-electron chi connectivity index (χ4n) is 2.37. The Labute approximate surface area is 151 Å². The molecule has 6 nitrogen and oxygen atoms in total. The quantitative estimate of drug-likeness (QED) is 0.328. The molecule has 0 saturated carbocycles. The van der Waals surface area contributed by atoms with Crippen LogP contribution >= 0.6 is 11.3 Å². The number of furan rings is 1. The molecule has 0 aliphatic carbocycles. The third-order valence-corrected chi connectivity index (χ3v) is 4.53. The number of aromatic nitrogens is 1. The molecular weight excluding hydrogens is 334 g/mol. The first-order valence-corrected chi connectivity index (χ1v) is 9.31. The van der Waals surface area contributed by atoms with Crippen molar-refractivity contribution in [2.24, 2.45) is 4.99 Å². The zero-order chi connectivity index (χ0) is 17.3. The number of guanidine groups is 1. The average Bonchev–Trinajstić information content (AvgIpc) is 3.27. The largest absolute Gasteiger partial charge is 0.469 e. The topological polar surface area (TPSA) is 74.5 Å². The molecule has 2 heterocycles. The van der Waals surface area contributed by atoms with E-state index in [1.807, 2.05) is 30.3 Å². The maximum Gasteiger partial charge on any atom is 0.191 e. The molecule has 132 valence electrons. The number of fused-ring (bicyclic) bond motifs is 1. The van der Waals surface area contributed by atoms with Crippen molar-refractivity contribution < 1.29 is 4.42 Å². The molecule has 3 N–H and O–H groups in total. The van der Waals surface area contributed by atoms with Gasteiger partial charge in [0.25, 0.3) is 0 Å². The van der Waals surface area contributed by atoms with Gasteiger partial charge in [-0.15, -0.1) is 0 Å². The zero-order valence-corrected chi connectivity index (χ0v) is 15.1. The molecule has 0 amide bonds. The van der Waals surface area contributed by atoms with Gasteiger partial charge in [-0.3, -0.25) is 4.99 Å². The summed E-state index contributed by atoms with van der Waals surface area (Å²) in [4.78, 5) is 9.13. The number of benzene rings is 1. The molecule has 0 bridgehead atoms. The Balaban J connectivity index is 1.43. The SMILES string of the molecule is CCNC(=NCCc1ccco1)NCCNc1nc2ccccc2s1. The molecule has 25 heavy (non-hydrogen) atoms. The maximum atomic E-state index is 5.32. The van der Waals surface area contributed by atoms with Gasteiger partial charge in [-0.2, -0.15) is 0 Å². The van der Waals surface area contributed by atoms with E-state index >= 15 is 0 Å². The van der Waals surface area contributed by atoms with Gasteiger partial charge in [0.15, 0.2) is 11.1 Å². The van der Waals surface area contributed by atoms with E-state index in [4.69, 9.17) is 4.42 Å². The zero-order valence-electron chi connectivity index (χ0n) is 14.3. The molecule has 1 aromatic carbocycles. The molecule has 0 aliphatic rings. The first-order valence-electron chi connectivity index (χ1n) is 8.49. The molecule has 7 heteroatoms. The number of hydrogen-bond acceptors (Lipinski definition) is 5. The van der Waals surface area contributed by atoms with Gasteiger partial charge in [0.1, 0.15) is 5.76 Å². The Morgan fingerprint density at radius 3 is 2.88 bits per heavy atom. The molecule has 0 radical (unpaired) electrons. The van der Waals surface area contributed by atoms with E-state index in [-0.39, 0.29) is 0 Å². The van der Waals surface area contributed by atoms with Crippen molar-refractivity contribution in [2.45, 2.75) is 13.3 Å². The summed E-state index contributed by atoms with van der Waals surface area (Å²) in [5, 5.41) is 10.9. The lowest BCUT2D eigenvalue weighted by molar-refractivity contribution is 0.510. The highest BCUT2D eigenvalue weighted by atomic mass is 32.1. The number of nitrogens with zero attached hydrogens (tertiary/aromatic N) is 2. The number of para-hydroxylation sites is 1. The lowest BCUT2D eigenvalue weighted by Gasteiger charge is -2.11. The molecule has 0 atom stereocenters. The van der Waals surface area contributed by atoms with E-state index in [2.05, 4.69) is 38.9 Å². The van der Waals surface area contributed by atoms with Crippen molar-refractivity contribution in [1.82, 2.24) is 15.6 Å². The highest BCUT2D eigenvalue weighted by Gasteiger charge is 2.02. The second-order valence-electron chi connectivity index (χ2n) is 5.43. The lowest BCUT2D eigenvalue weighted by Crippen LogP contribution is -2.39. The number of rotatable bonds is 8. The van der Waals surface area contributed by atoms with Crippen molar-refractivity contribution in [3.8, 4) is 0 Å². The van der Waals surface area contributed by atoms with Crippen molar-refractivity contribution in [1.29, 1.82) is 0 Å². The maximum absolute atomic E-state index is 5.32. The fourth-order valence-corrected chi connectivity index (χ4v) is 3.26. The van der Waals surface area contributed by atoms with Gasteiger partial charge < -0.3 is 20.4 Å². The highest BCUT2D eigenvalue weighted by Crippen LogP contribution is 2.24. The molecule has 0 unspecified atom stereocenters. The van der Waals surface area contributed by atoms with E-state index < -0.39 is 0 Å². The van der Waals surface area contributed by atoms with Gasteiger partial charge in [0.05, 0.1) is 16.5 Å². The molecule has 2 aromatic heterocycles. The Bertz CT molecular complexity index is 764. The third-order valence-electron chi connectivity index (χ3n) is 3.54. The summed E-state index contributed by atoms with van der Waals surface area (Å²) in [7, 11) is 0. The first kappa shape index (κ1) is 17.3. The third kappa shape index (κ3) is 5.22. The average molecular weight is 357 g/mol. The minimum absolute atomic E-state index is 0.689. The van der Waals surface area contributed by atoms with Gasteiger partial charge in [0, 0.05) is 32.6 Å². The predicted octanol–water partition coefficient (Wildman–Crippen LogP) is 3.10. The molecular formula is C18H23N5OS. The minimum Gasteiger partial charge on any atom is -0.469 e. The van der Waals surface area contributed by atoms with E-state index in [9.17, 15) is 0 Å². The van der Waals surface area contributed by atoms with Gasteiger partial charge in [-0.1, -0.05) is 23.5 Å². The summed E-state index contributed by atoms with van der Waals surface area (Å²) in [6.07, 6.45) is 2.49. The van der Waals surface area contributed by atoms with E-state index in [0.29, 0.717) is 6.54 Å². The van der Waals surface area contributed by atoms with Crippen molar-refractivity contribution in [3.05, 3.63) is 48.4 Å². The summed E-state index contributed by atoms with van der Waals surface area (Å²) >= 11 is 1.67. The number of hydrogen-bond donors (Lipinski definition) is 3. The van der Waals surface area contributed by atoms with E-state index in [1.165, 1.54) is 4.70 Å². The smallest absolute Gasteiger partial charge is 0.191 e. The normalized spacial score (nSPS) is 11.6. The molecule has 3 rings (SSSR count). The Kier molecular flexibility index (Phi) is 6.28. The molecule has 0 aliphatic heterocycles. The van der Waals surface area contributed by atoms with Crippen molar-refractivity contribution in [2.75, 3.05) is 31.5 Å². The summed E-state index contributed by atoms with van der Waals surface area (Å²) in [5.74, 6) is 1.78. The van der Waals surface area contributed by atoms with Gasteiger partial charge >= 0.3 is 0 Å². The van der Waals surface area contributed by atoms with Crippen LogP contribution in [0.15, 0.2) is 52.1 Å². The molecule has 0 saturated heterocycles. The van der Waals surface area contributed by atoms with Crippen LogP contribution < -0.4 is 16.0 Å². The van der Waals surface area contributed by atoms with E-state index in [0.717, 1.165) is 48.4 Å². The van der Waals surface area contributed by atoms with Crippen LogP contribution in [0.4, 0.5) is 5.13 Å². The molecule has 3 aromatic rings. The monoisotopic (exact) mass is 357 g/mol. The standard InChI is InChI=1S/C18H23N5OS/c1-2-19-17(20-10-9-14-6-5-13-24-14)21-11-12-22-18-23-15-7-3-4-8-16(15)25-18/h3-8,13H,2,9-12H2,1H3,(H,22,23)(H2,19,20,21). The Hall–Kier alpha value is -2.54. The fraction of sp³-hybridized carbons (Fsp3) is 0.333. The number of nitrogens with one attached hydrogen (secondary N) is 3. The summed E-state index contributed by atoms with van der Waals surface area (Å²) in [6.45, 7) is 5.13. The van der Waals surface area contributed by atoms with Crippen LogP contribution in [0.2, 0.25) is 0 Å². The predicted molar refractivity (Wildman–Crippen MR) is 105 cm³/mol. The summed E-state index contributed by atoms with van der Waals surface area (Å²) in [5.41, 5.74) is 1.04. The van der Waals surface area contributed by atoms with Gasteiger partial charge in [-0.05, 0) is 31.2 Å². The molecule has 0 spiro atoms. The number of aliphatic imine (C=N–C) groups is 1. The highest BCUT2D eigenvalue weighted by molar-refractivity contribution is 7.22. The Morgan fingerprint density at radius 1 is 1.16 bits per heavy atom. The van der Waals surface area contributed by atoms with Gasteiger partial charge in [-0.25, -0.2) is 4.98 Å². The van der Waals surface area contributed by atoms with Crippen LogP contribution in [0, 0.1) is 0 Å². The Morgan fingerprint density at radius 2 is 2.08 bits per heavy atom. The van der Waals surface area contributed by atoms with Crippen LogP contribution in [0.25, 0.3) is 10.2 Å². The minimum atomic E-state index is 0.689. The van der Waals surface area contributed by atoms with Crippen molar-refractivity contribution in [3.63, 3.8) is 0 Å². The first-order chi connectivity index (χ1) is 12.3. The van der Waals surface area contributed by atoms with Crippen LogP contribution in [0.3, 0.4) is 0 Å². The van der Waals surface area contributed by atoms with Crippen LogP contribution in [-0.2, 0) is 6.42 Å². The summed E-state index contributed by atoms with van der Waals surface area (Å²) in [6, 6.07) is 12.0. The number of anilines is 1. The van der Waals surface area contributed by atoms with Crippen molar-refractivity contribution >= 4 is 32.6 Å². The van der Waals surface area contributed by atoms with Crippen LogP contribution in [0.5, 0.6) is 0 Å². The van der Waals surface area contributed by atoms with Gasteiger partial charge in [0.2, 0.25) is 0 Å². The lowest BCUT2D eigenvalue weighted by atomic mass is 10.3. The van der Waals surface area contributed by atoms with E-state index in [1.54, 1.807) is 17.6 Å². The second kappa shape index (κ2) is 9.08. The van der Waals surface area contributed by atoms with Crippen LogP contribution in [0.1, 0.15) is 12.7 Å².